The number of benzene rings is 1. The molecule has 1 unspecified atom stereocenters. The van der Waals surface area contributed by atoms with Crippen LogP contribution in [0.5, 0.6) is 5.75 Å². The largest absolute Gasteiger partial charge is 0.482 e. The van der Waals surface area contributed by atoms with Crippen LogP contribution in [0.3, 0.4) is 0 Å². The van der Waals surface area contributed by atoms with E-state index in [9.17, 15) is 9.59 Å². The molecule has 0 aliphatic carbocycles. The SMILES string of the molecule is CC(C)C(C)NC(=O)c1coc(CN2C(=O)COc3ccc(C(C)(C)C)cc32)n1. The van der Waals surface area contributed by atoms with E-state index in [0.717, 1.165) is 5.56 Å². The Kier molecular flexibility index (Phi) is 5.68. The smallest absolute Gasteiger partial charge is 0.273 e. The third-order valence-electron chi connectivity index (χ3n) is 5.20. The van der Waals surface area contributed by atoms with Gasteiger partial charge in [0.15, 0.2) is 12.3 Å². The number of fused-ring (bicyclic) bond motifs is 1. The van der Waals surface area contributed by atoms with E-state index in [1.54, 1.807) is 4.90 Å². The van der Waals surface area contributed by atoms with Crippen LogP contribution in [0, 0.1) is 5.92 Å². The number of carbonyl (C=O) groups excluding carboxylic acids is 2. The van der Waals surface area contributed by atoms with Crippen molar-refractivity contribution in [1.29, 1.82) is 0 Å². The number of anilines is 1. The summed E-state index contributed by atoms with van der Waals surface area (Å²) in [6.07, 6.45) is 1.33. The maximum Gasteiger partial charge on any atom is 0.273 e. The third-order valence-corrected chi connectivity index (χ3v) is 5.20. The number of nitrogens with zero attached hydrogens (tertiary/aromatic N) is 2. The fraction of sp³-hybridized carbons (Fsp3) is 0.500. The van der Waals surface area contributed by atoms with E-state index in [1.165, 1.54) is 6.26 Å². The molecule has 0 fully saturated rings. The molecule has 7 nitrogen and oxygen atoms in total. The van der Waals surface area contributed by atoms with Gasteiger partial charge in [-0.1, -0.05) is 40.7 Å². The van der Waals surface area contributed by atoms with Crippen molar-refractivity contribution in [3.05, 3.63) is 41.6 Å². The molecular formula is C22H29N3O4. The zero-order valence-corrected chi connectivity index (χ0v) is 17.9. The Morgan fingerprint density at radius 3 is 2.66 bits per heavy atom. The molecule has 1 aliphatic heterocycles. The number of hydrogen-bond donors (Lipinski definition) is 1. The Morgan fingerprint density at radius 2 is 2.00 bits per heavy atom. The van der Waals surface area contributed by atoms with Crippen LogP contribution in [-0.2, 0) is 16.8 Å². The molecule has 1 atom stereocenters. The zero-order chi connectivity index (χ0) is 21.3. The van der Waals surface area contributed by atoms with Gasteiger partial charge in [0, 0.05) is 6.04 Å². The molecule has 2 heterocycles. The van der Waals surface area contributed by atoms with Crippen molar-refractivity contribution in [3.8, 4) is 5.75 Å². The summed E-state index contributed by atoms with van der Waals surface area (Å²) in [5.41, 5.74) is 1.92. The van der Waals surface area contributed by atoms with Crippen molar-refractivity contribution in [3.63, 3.8) is 0 Å². The first-order valence-corrected chi connectivity index (χ1v) is 9.89. The highest BCUT2D eigenvalue weighted by atomic mass is 16.5. The van der Waals surface area contributed by atoms with Crippen LogP contribution in [0.15, 0.2) is 28.9 Å². The van der Waals surface area contributed by atoms with E-state index in [2.05, 4.69) is 31.1 Å². The lowest BCUT2D eigenvalue weighted by Gasteiger charge is -2.30. The normalized spacial score (nSPS) is 15.1. The molecule has 1 aromatic carbocycles. The van der Waals surface area contributed by atoms with Crippen LogP contribution >= 0.6 is 0 Å². The Bertz CT molecular complexity index is 911. The average molecular weight is 399 g/mol. The maximum atomic E-state index is 12.5. The first kappa shape index (κ1) is 20.9. The molecule has 2 aromatic rings. The lowest BCUT2D eigenvalue weighted by atomic mass is 9.86. The van der Waals surface area contributed by atoms with Crippen molar-refractivity contribution < 1.29 is 18.7 Å². The van der Waals surface area contributed by atoms with E-state index in [1.807, 2.05) is 39.0 Å². The summed E-state index contributed by atoms with van der Waals surface area (Å²) in [5.74, 6) is 0.790. The highest BCUT2D eigenvalue weighted by Gasteiger charge is 2.29. The van der Waals surface area contributed by atoms with Crippen LogP contribution < -0.4 is 15.0 Å². The Labute approximate surface area is 171 Å². The Morgan fingerprint density at radius 1 is 1.28 bits per heavy atom. The number of carbonyl (C=O) groups is 2. The number of hydrogen-bond acceptors (Lipinski definition) is 5. The second kappa shape index (κ2) is 7.89. The third kappa shape index (κ3) is 4.60. The molecule has 29 heavy (non-hydrogen) atoms. The lowest BCUT2D eigenvalue weighted by molar-refractivity contribution is -0.121. The summed E-state index contributed by atoms with van der Waals surface area (Å²) in [6, 6.07) is 5.88. The minimum absolute atomic E-state index is 0.0196. The van der Waals surface area contributed by atoms with Crippen LogP contribution in [0.2, 0.25) is 0 Å². The number of amides is 2. The van der Waals surface area contributed by atoms with Gasteiger partial charge >= 0.3 is 0 Å². The first-order valence-electron chi connectivity index (χ1n) is 9.89. The van der Waals surface area contributed by atoms with Crippen LogP contribution in [0.1, 0.15) is 63.5 Å². The van der Waals surface area contributed by atoms with Crippen molar-refractivity contribution in [2.24, 2.45) is 5.92 Å². The van der Waals surface area contributed by atoms with Gasteiger partial charge in [0.1, 0.15) is 18.6 Å². The van der Waals surface area contributed by atoms with Crippen molar-refractivity contribution in [2.75, 3.05) is 11.5 Å². The number of aromatic nitrogens is 1. The summed E-state index contributed by atoms with van der Waals surface area (Å²) < 4.78 is 11.1. The maximum absolute atomic E-state index is 12.5. The lowest BCUT2D eigenvalue weighted by Crippen LogP contribution is -2.38. The molecule has 1 N–H and O–H groups in total. The molecule has 0 saturated heterocycles. The van der Waals surface area contributed by atoms with E-state index in [4.69, 9.17) is 9.15 Å². The highest BCUT2D eigenvalue weighted by Crippen LogP contribution is 2.37. The fourth-order valence-electron chi connectivity index (χ4n) is 2.91. The van der Waals surface area contributed by atoms with Gasteiger partial charge in [-0.25, -0.2) is 4.98 Å². The van der Waals surface area contributed by atoms with Crippen LogP contribution in [-0.4, -0.2) is 29.4 Å². The minimum Gasteiger partial charge on any atom is -0.482 e. The van der Waals surface area contributed by atoms with Crippen molar-refractivity contribution in [1.82, 2.24) is 10.3 Å². The molecule has 0 radical (unpaired) electrons. The summed E-state index contributed by atoms with van der Waals surface area (Å²) >= 11 is 0. The number of nitrogens with one attached hydrogen (secondary N) is 1. The standard InChI is InChI=1S/C22H29N3O4/c1-13(2)14(3)23-21(27)16-11-29-19(24-16)10-25-17-9-15(22(4,5)6)7-8-18(17)28-12-20(25)26/h7-9,11,13-14H,10,12H2,1-6H3,(H,23,27). The summed E-state index contributed by atoms with van der Waals surface area (Å²) in [4.78, 5) is 30.8. The Balaban J connectivity index is 1.82. The molecule has 7 heteroatoms. The molecule has 1 aliphatic rings. The monoisotopic (exact) mass is 399 g/mol. The van der Waals surface area contributed by atoms with E-state index in [-0.39, 0.29) is 42.1 Å². The average Bonchev–Trinajstić information content (AvgIpc) is 3.11. The minimum atomic E-state index is -0.287. The highest BCUT2D eigenvalue weighted by molar-refractivity contribution is 5.98. The second-order valence-electron chi connectivity index (χ2n) is 8.83. The summed E-state index contributed by atoms with van der Waals surface area (Å²) in [6.45, 7) is 12.4. The molecule has 2 amide bonds. The van der Waals surface area contributed by atoms with Gasteiger partial charge in [-0.05, 0) is 36.0 Å². The van der Waals surface area contributed by atoms with Gasteiger partial charge in [0.25, 0.3) is 11.8 Å². The van der Waals surface area contributed by atoms with Crippen molar-refractivity contribution in [2.45, 2.75) is 59.5 Å². The number of rotatable bonds is 5. The summed E-state index contributed by atoms with van der Waals surface area (Å²) in [7, 11) is 0. The molecule has 156 valence electrons. The van der Waals surface area contributed by atoms with Crippen molar-refractivity contribution >= 4 is 17.5 Å². The first-order chi connectivity index (χ1) is 13.6. The fourth-order valence-corrected chi connectivity index (χ4v) is 2.91. The molecule has 0 spiro atoms. The molecule has 0 bridgehead atoms. The van der Waals surface area contributed by atoms with Gasteiger partial charge in [0.2, 0.25) is 5.89 Å². The van der Waals surface area contributed by atoms with Gasteiger partial charge in [-0.3, -0.25) is 14.5 Å². The second-order valence-corrected chi connectivity index (χ2v) is 8.83. The predicted octanol–water partition coefficient (Wildman–Crippen LogP) is 3.67. The zero-order valence-electron chi connectivity index (χ0n) is 17.9. The predicted molar refractivity (Wildman–Crippen MR) is 110 cm³/mol. The Hall–Kier alpha value is -2.83. The van der Waals surface area contributed by atoms with Gasteiger partial charge in [-0.2, -0.15) is 0 Å². The van der Waals surface area contributed by atoms with Gasteiger partial charge < -0.3 is 14.5 Å². The van der Waals surface area contributed by atoms with E-state index in [0.29, 0.717) is 23.2 Å². The van der Waals surface area contributed by atoms with E-state index < -0.39 is 0 Å². The molecule has 3 rings (SSSR count). The van der Waals surface area contributed by atoms with Crippen LogP contribution in [0.25, 0.3) is 0 Å². The topological polar surface area (TPSA) is 84.7 Å². The number of oxazole rings is 1. The number of ether oxygens (including phenoxy) is 1. The van der Waals surface area contributed by atoms with E-state index >= 15 is 0 Å². The van der Waals surface area contributed by atoms with Gasteiger partial charge in [-0.15, -0.1) is 0 Å². The molecular weight excluding hydrogens is 370 g/mol. The quantitative estimate of drug-likeness (QED) is 0.829. The molecule has 1 aromatic heterocycles. The van der Waals surface area contributed by atoms with Gasteiger partial charge in [0.05, 0.1) is 5.69 Å². The van der Waals surface area contributed by atoms with Crippen LogP contribution in [0.4, 0.5) is 5.69 Å². The molecule has 0 saturated carbocycles. The summed E-state index contributed by atoms with van der Waals surface area (Å²) in [5, 5.41) is 2.90.